The summed E-state index contributed by atoms with van der Waals surface area (Å²) in [6.45, 7) is 0.289. The number of methoxy groups -OCH3 is 1. The zero-order chi connectivity index (χ0) is 15.4. The first-order chi connectivity index (χ1) is 10.0. The van der Waals surface area contributed by atoms with Crippen molar-refractivity contribution in [3.05, 3.63) is 58.1 Å². The first-order valence-electron chi connectivity index (χ1n) is 6.20. The van der Waals surface area contributed by atoms with Gasteiger partial charge in [0.05, 0.1) is 7.11 Å². The van der Waals surface area contributed by atoms with Crippen LogP contribution in [0.3, 0.4) is 0 Å². The van der Waals surface area contributed by atoms with E-state index in [4.69, 9.17) is 4.74 Å². The molecule has 0 radical (unpaired) electrons. The molecule has 0 spiro atoms. The molecule has 0 N–H and O–H groups in total. The lowest BCUT2D eigenvalue weighted by Gasteiger charge is -2.17. The number of amides is 1. The summed E-state index contributed by atoms with van der Waals surface area (Å²) in [7, 11) is 3.06. The van der Waals surface area contributed by atoms with Crippen molar-refractivity contribution >= 4 is 21.8 Å². The van der Waals surface area contributed by atoms with Gasteiger partial charge in [-0.25, -0.2) is 9.37 Å². The highest BCUT2D eigenvalue weighted by Crippen LogP contribution is 2.19. The predicted octanol–water partition coefficient (Wildman–Crippen LogP) is 3.26. The second-order valence-electron chi connectivity index (χ2n) is 4.49. The molecule has 0 aliphatic rings. The molecule has 0 saturated heterocycles. The van der Waals surface area contributed by atoms with Crippen molar-refractivity contribution in [3.63, 3.8) is 0 Å². The number of hydrogen-bond acceptors (Lipinski definition) is 3. The van der Waals surface area contributed by atoms with Crippen LogP contribution in [0.25, 0.3) is 0 Å². The molecule has 2 aromatic rings. The van der Waals surface area contributed by atoms with Crippen LogP contribution in [0.4, 0.5) is 4.39 Å². The Balaban J connectivity index is 2.10. The van der Waals surface area contributed by atoms with Gasteiger partial charge < -0.3 is 9.64 Å². The van der Waals surface area contributed by atoms with Crippen LogP contribution in [0.5, 0.6) is 5.75 Å². The number of rotatable bonds is 4. The van der Waals surface area contributed by atoms with Gasteiger partial charge in [-0.3, -0.25) is 4.79 Å². The molecular weight excluding hydrogens is 339 g/mol. The van der Waals surface area contributed by atoms with E-state index in [1.165, 1.54) is 18.1 Å². The number of carbonyl (C=O) groups excluding carboxylic acids is 1. The molecule has 0 fully saturated rings. The first kappa shape index (κ1) is 15.4. The predicted molar refractivity (Wildman–Crippen MR) is 80.7 cm³/mol. The number of benzene rings is 1. The summed E-state index contributed by atoms with van der Waals surface area (Å²) in [5.74, 6) is -0.487. The summed E-state index contributed by atoms with van der Waals surface area (Å²) in [6, 6.07) is 8.01. The molecular formula is C15H14BrFN2O2. The smallest absolute Gasteiger partial charge is 0.272 e. The van der Waals surface area contributed by atoms with E-state index in [0.717, 1.165) is 4.47 Å². The monoisotopic (exact) mass is 352 g/mol. The number of carbonyl (C=O) groups is 1. The molecule has 110 valence electrons. The Kier molecular flexibility index (Phi) is 4.90. The zero-order valence-corrected chi connectivity index (χ0v) is 13.2. The van der Waals surface area contributed by atoms with Crippen molar-refractivity contribution in [3.8, 4) is 5.75 Å². The number of ether oxygens (including phenoxy) is 1. The van der Waals surface area contributed by atoms with Crippen LogP contribution in [0, 0.1) is 5.82 Å². The van der Waals surface area contributed by atoms with E-state index < -0.39 is 5.82 Å². The Morgan fingerprint density at radius 2 is 2.14 bits per heavy atom. The summed E-state index contributed by atoms with van der Waals surface area (Å²) >= 11 is 3.27. The van der Waals surface area contributed by atoms with Crippen LogP contribution in [-0.2, 0) is 6.54 Å². The number of nitrogens with zero attached hydrogens (tertiary/aromatic N) is 2. The summed E-state index contributed by atoms with van der Waals surface area (Å²) in [4.78, 5) is 17.7. The van der Waals surface area contributed by atoms with E-state index in [1.54, 1.807) is 37.5 Å². The largest absolute Gasteiger partial charge is 0.494 e. The van der Waals surface area contributed by atoms with Crippen LogP contribution in [0.2, 0.25) is 0 Å². The lowest BCUT2D eigenvalue weighted by molar-refractivity contribution is 0.0779. The Morgan fingerprint density at radius 1 is 1.38 bits per heavy atom. The third kappa shape index (κ3) is 3.78. The topological polar surface area (TPSA) is 42.4 Å². The van der Waals surface area contributed by atoms with Crippen molar-refractivity contribution in [2.24, 2.45) is 0 Å². The van der Waals surface area contributed by atoms with Crippen LogP contribution in [-0.4, -0.2) is 29.9 Å². The van der Waals surface area contributed by atoms with Gasteiger partial charge in [-0.1, -0.05) is 6.07 Å². The van der Waals surface area contributed by atoms with Crippen LogP contribution < -0.4 is 4.74 Å². The molecule has 0 atom stereocenters. The Labute approximate surface area is 130 Å². The minimum absolute atomic E-state index is 0.183. The molecule has 0 aliphatic carbocycles. The number of aromatic nitrogens is 1. The van der Waals surface area contributed by atoms with Gasteiger partial charge in [0.1, 0.15) is 5.69 Å². The zero-order valence-electron chi connectivity index (χ0n) is 11.6. The third-order valence-corrected chi connectivity index (χ3v) is 3.40. The van der Waals surface area contributed by atoms with Crippen molar-refractivity contribution in [2.45, 2.75) is 6.54 Å². The highest BCUT2D eigenvalue weighted by molar-refractivity contribution is 9.10. The number of pyridine rings is 1. The van der Waals surface area contributed by atoms with E-state index >= 15 is 0 Å². The molecule has 1 amide bonds. The Morgan fingerprint density at radius 3 is 2.71 bits per heavy atom. The lowest BCUT2D eigenvalue weighted by Crippen LogP contribution is -2.27. The fourth-order valence-electron chi connectivity index (χ4n) is 1.85. The molecule has 0 saturated carbocycles. The van der Waals surface area contributed by atoms with Gasteiger partial charge in [0.2, 0.25) is 0 Å². The van der Waals surface area contributed by atoms with Gasteiger partial charge in [-0.2, -0.15) is 0 Å². The Bertz CT molecular complexity index is 647. The van der Waals surface area contributed by atoms with Crippen LogP contribution in [0.1, 0.15) is 16.1 Å². The minimum Gasteiger partial charge on any atom is -0.494 e. The van der Waals surface area contributed by atoms with Crippen molar-refractivity contribution in [2.75, 3.05) is 14.2 Å². The average molecular weight is 353 g/mol. The van der Waals surface area contributed by atoms with E-state index in [2.05, 4.69) is 20.9 Å². The van der Waals surface area contributed by atoms with Gasteiger partial charge in [0.15, 0.2) is 11.6 Å². The fraction of sp³-hybridized carbons (Fsp3) is 0.200. The molecule has 2 rings (SSSR count). The summed E-state index contributed by atoms with van der Waals surface area (Å²) in [6.07, 6.45) is 1.56. The average Bonchev–Trinajstić information content (AvgIpc) is 2.47. The normalized spacial score (nSPS) is 10.3. The van der Waals surface area contributed by atoms with Gasteiger partial charge in [-0.15, -0.1) is 0 Å². The molecule has 1 aromatic heterocycles. The number of hydrogen-bond donors (Lipinski definition) is 0. The molecule has 21 heavy (non-hydrogen) atoms. The second-order valence-corrected chi connectivity index (χ2v) is 5.41. The van der Waals surface area contributed by atoms with Crippen LogP contribution in [0.15, 0.2) is 41.0 Å². The summed E-state index contributed by atoms with van der Waals surface area (Å²) < 4.78 is 19.3. The lowest BCUT2D eigenvalue weighted by atomic mass is 10.2. The molecule has 0 unspecified atom stereocenters. The Hall–Kier alpha value is -1.95. The minimum atomic E-state index is -0.447. The fourth-order valence-corrected chi connectivity index (χ4v) is 2.09. The van der Waals surface area contributed by atoms with Crippen LogP contribution >= 0.6 is 15.9 Å². The molecule has 1 aromatic carbocycles. The molecule has 0 aliphatic heterocycles. The van der Waals surface area contributed by atoms with Crippen molar-refractivity contribution in [1.82, 2.24) is 9.88 Å². The van der Waals surface area contributed by atoms with Crippen molar-refractivity contribution in [1.29, 1.82) is 0 Å². The standard InChI is InChI=1S/C15H14BrFN2O2/c1-19(15(20)13-5-4-11(16)8-18-13)9-10-3-6-14(21-2)12(17)7-10/h3-8H,9H2,1-2H3. The highest BCUT2D eigenvalue weighted by Gasteiger charge is 2.14. The molecule has 6 heteroatoms. The van der Waals surface area contributed by atoms with Gasteiger partial charge in [-0.05, 0) is 45.8 Å². The van der Waals surface area contributed by atoms with E-state index in [9.17, 15) is 9.18 Å². The van der Waals surface area contributed by atoms with E-state index in [1.807, 2.05) is 0 Å². The third-order valence-electron chi connectivity index (χ3n) is 2.93. The maximum Gasteiger partial charge on any atom is 0.272 e. The SMILES string of the molecule is COc1ccc(CN(C)C(=O)c2ccc(Br)cn2)cc1F. The maximum absolute atomic E-state index is 13.6. The summed E-state index contributed by atoms with van der Waals surface area (Å²) in [5.41, 5.74) is 1.02. The van der Waals surface area contributed by atoms with Gasteiger partial charge in [0.25, 0.3) is 5.91 Å². The van der Waals surface area contributed by atoms with Gasteiger partial charge in [0, 0.05) is 24.3 Å². The molecule has 4 nitrogen and oxygen atoms in total. The van der Waals surface area contributed by atoms with Gasteiger partial charge >= 0.3 is 0 Å². The number of halogens is 2. The molecule has 1 heterocycles. The quantitative estimate of drug-likeness (QED) is 0.847. The first-order valence-corrected chi connectivity index (χ1v) is 7.00. The van der Waals surface area contributed by atoms with E-state index in [0.29, 0.717) is 11.3 Å². The van der Waals surface area contributed by atoms with Crippen molar-refractivity contribution < 1.29 is 13.9 Å². The van der Waals surface area contributed by atoms with E-state index in [-0.39, 0.29) is 18.2 Å². The second kappa shape index (κ2) is 6.67. The summed E-state index contributed by atoms with van der Waals surface area (Å²) in [5, 5.41) is 0. The maximum atomic E-state index is 13.6. The highest BCUT2D eigenvalue weighted by atomic mass is 79.9. The molecule has 0 bridgehead atoms.